The number of aromatic nitrogens is 4. The van der Waals surface area contributed by atoms with Crippen LogP contribution < -0.4 is 14.4 Å². The Morgan fingerprint density at radius 3 is 2.30 bits per heavy atom. The van der Waals surface area contributed by atoms with Crippen molar-refractivity contribution in [1.82, 2.24) is 19.7 Å². The van der Waals surface area contributed by atoms with Gasteiger partial charge in [0, 0.05) is 67.3 Å². The molecule has 2 aliphatic rings. The fraction of sp³-hybridized carbons (Fsp3) is 0.393. The van der Waals surface area contributed by atoms with Gasteiger partial charge in [0.1, 0.15) is 11.5 Å². The van der Waals surface area contributed by atoms with Crippen LogP contribution in [0.25, 0.3) is 22.3 Å². The molecule has 0 N–H and O–H groups in total. The smallest absolute Gasteiger partial charge is 0.168 e. The van der Waals surface area contributed by atoms with E-state index in [4.69, 9.17) is 23.9 Å². The molecule has 1 aliphatic carbocycles. The van der Waals surface area contributed by atoms with Gasteiger partial charge in [0.2, 0.25) is 0 Å². The predicted molar refractivity (Wildman–Crippen MR) is 140 cm³/mol. The highest BCUT2D eigenvalue weighted by molar-refractivity contribution is 5.83. The maximum atomic E-state index is 6.00. The van der Waals surface area contributed by atoms with E-state index in [1.165, 1.54) is 0 Å². The van der Waals surface area contributed by atoms with Crippen LogP contribution in [0.3, 0.4) is 0 Å². The van der Waals surface area contributed by atoms with Gasteiger partial charge >= 0.3 is 0 Å². The number of anilines is 2. The van der Waals surface area contributed by atoms with E-state index in [9.17, 15) is 0 Å². The first-order chi connectivity index (χ1) is 18.1. The molecule has 1 aliphatic heterocycles. The average molecular weight is 502 g/mol. The van der Waals surface area contributed by atoms with Crippen LogP contribution in [0.4, 0.5) is 11.4 Å². The van der Waals surface area contributed by atoms with Crippen molar-refractivity contribution in [2.24, 2.45) is 7.05 Å². The van der Waals surface area contributed by atoms with Crippen molar-refractivity contribution in [3.63, 3.8) is 0 Å². The summed E-state index contributed by atoms with van der Waals surface area (Å²) in [5.41, 5.74) is 5.44. The number of methoxy groups -OCH3 is 2. The molecule has 192 valence electrons. The van der Waals surface area contributed by atoms with Gasteiger partial charge in [0.05, 0.1) is 56.6 Å². The largest absolute Gasteiger partial charge is 0.497 e. The molecule has 2 aromatic heterocycles. The fourth-order valence-electron chi connectivity index (χ4n) is 5.43. The zero-order chi connectivity index (χ0) is 25.4. The quantitative estimate of drug-likeness (QED) is 0.370. The highest BCUT2D eigenvalue weighted by Crippen LogP contribution is 2.43. The lowest BCUT2D eigenvalue weighted by atomic mass is 9.88. The number of fused-ring (bicyclic) bond motifs is 1. The van der Waals surface area contributed by atoms with Crippen LogP contribution in [0, 0.1) is 0 Å². The van der Waals surface area contributed by atoms with Gasteiger partial charge in [-0.05, 0) is 31.0 Å². The molecule has 3 heterocycles. The number of benzene rings is 2. The number of aryl methyl sites for hydroxylation is 1. The topological polar surface area (TPSA) is 83.8 Å². The molecular formula is C28H31N5O4. The molecule has 9 heteroatoms. The minimum absolute atomic E-state index is 0.238. The van der Waals surface area contributed by atoms with Crippen LogP contribution in [-0.2, 0) is 16.5 Å². The van der Waals surface area contributed by atoms with Crippen LogP contribution in [-0.4, -0.2) is 59.0 Å². The van der Waals surface area contributed by atoms with Gasteiger partial charge in [-0.2, -0.15) is 5.10 Å². The molecule has 0 radical (unpaired) electrons. The molecule has 2 fully saturated rings. The van der Waals surface area contributed by atoms with Gasteiger partial charge < -0.3 is 23.8 Å². The lowest BCUT2D eigenvalue weighted by Gasteiger charge is -2.41. The Bertz CT molecular complexity index is 1380. The van der Waals surface area contributed by atoms with Gasteiger partial charge in [0.25, 0.3) is 0 Å². The highest BCUT2D eigenvalue weighted by Gasteiger charge is 2.42. The molecule has 0 unspecified atom stereocenters. The second-order valence-electron chi connectivity index (χ2n) is 9.61. The summed E-state index contributed by atoms with van der Waals surface area (Å²) in [5, 5.41) is 4.28. The number of hydrogen-bond donors (Lipinski definition) is 0. The lowest BCUT2D eigenvalue weighted by molar-refractivity contribution is -0.178. The van der Waals surface area contributed by atoms with E-state index in [2.05, 4.69) is 39.2 Å². The maximum absolute atomic E-state index is 6.00. The molecule has 1 spiro atoms. The molecule has 0 atom stereocenters. The Morgan fingerprint density at radius 1 is 0.919 bits per heavy atom. The highest BCUT2D eigenvalue weighted by atomic mass is 16.7. The van der Waals surface area contributed by atoms with E-state index in [1.807, 2.05) is 25.4 Å². The lowest BCUT2D eigenvalue weighted by Crippen LogP contribution is -2.42. The third kappa shape index (κ3) is 4.60. The summed E-state index contributed by atoms with van der Waals surface area (Å²) < 4.78 is 25.0. The van der Waals surface area contributed by atoms with Gasteiger partial charge in [-0.15, -0.1) is 0 Å². The Labute approximate surface area is 215 Å². The van der Waals surface area contributed by atoms with Crippen molar-refractivity contribution in [3.8, 4) is 22.8 Å². The monoisotopic (exact) mass is 501 g/mol. The third-order valence-electron chi connectivity index (χ3n) is 7.31. The van der Waals surface area contributed by atoms with E-state index in [1.54, 1.807) is 31.3 Å². The maximum Gasteiger partial charge on any atom is 0.168 e. The summed E-state index contributed by atoms with van der Waals surface area (Å²) in [6.07, 6.45) is 9.12. The van der Waals surface area contributed by atoms with Crippen molar-refractivity contribution in [3.05, 3.63) is 55.0 Å². The first kappa shape index (κ1) is 23.7. The standard InChI is InChI=1S/C28H31N5O4/c1-32-18-19(16-30-32)27-17-29-25-5-4-21(14-26(25)31-27)33(22-12-23(34-2)15-24(13-22)35-3)20-6-8-28(9-7-20)36-10-11-37-28/h4-5,12-18,20H,6-11H2,1-3H3. The van der Waals surface area contributed by atoms with E-state index < -0.39 is 5.79 Å². The van der Waals surface area contributed by atoms with Gasteiger partial charge in [-0.1, -0.05) is 0 Å². The fourth-order valence-corrected chi connectivity index (χ4v) is 5.43. The van der Waals surface area contributed by atoms with Crippen molar-refractivity contribution in [2.75, 3.05) is 32.3 Å². The normalized spacial score (nSPS) is 17.4. The van der Waals surface area contributed by atoms with Gasteiger partial charge in [-0.25, -0.2) is 4.98 Å². The molecule has 1 saturated heterocycles. The second-order valence-corrected chi connectivity index (χ2v) is 9.61. The van der Waals surface area contributed by atoms with Crippen LogP contribution in [0.5, 0.6) is 11.5 Å². The van der Waals surface area contributed by atoms with Crippen LogP contribution in [0.1, 0.15) is 25.7 Å². The molecule has 0 bridgehead atoms. The summed E-state index contributed by atoms with van der Waals surface area (Å²) in [6.45, 7) is 1.34. The van der Waals surface area contributed by atoms with E-state index in [0.29, 0.717) is 13.2 Å². The second kappa shape index (κ2) is 9.64. The average Bonchev–Trinajstić information content (AvgIpc) is 3.58. The number of hydrogen-bond acceptors (Lipinski definition) is 8. The van der Waals surface area contributed by atoms with Crippen molar-refractivity contribution >= 4 is 22.4 Å². The van der Waals surface area contributed by atoms with E-state index in [-0.39, 0.29) is 6.04 Å². The summed E-state index contributed by atoms with van der Waals surface area (Å²) in [6, 6.07) is 12.5. The third-order valence-corrected chi connectivity index (χ3v) is 7.31. The SMILES string of the molecule is COc1cc(OC)cc(N(c2ccc3ncc(-c4cnn(C)c4)nc3c2)C2CCC3(CC2)OCCO3)c1. The molecule has 2 aromatic carbocycles. The minimum atomic E-state index is -0.429. The Hall–Kier alpha value is -3.69. The van der Waals surface area contributed by atoms with Crippen molar-refractivity contribution in [2.45, 2.75) is 37.5 Å². The summed E-state index contributed by atoms with van der Waals surface area (Å²) in [7, 11) is 5.24. The Kier molecular flexibility index (Phi) is 6.18. The summed E-state index contributed by atoms with van der Waals surface area (Å²) in [5.74, 6) is 1.06. The number of ether oxygens (including phenoxy) is 4. The summed E-state index contributed by atoms with van der Waals surface area (Å²) in [4.78, 5) is 12.0. The first-order valence-corrected chi connectivity index (χ1v) is 12.6. The van der Waals surface area contributed by atoms with Crippen molar-refractivity contribution in [1.29, 1.82) is 0 Å². The van der Waals surface area contributed by atoms with Crippen LogP contribution in [0.15, 0.2) is 55.0 Å². The van der Waals surface area contributed by atoms with E-state index in [0.717, 1.165) is 70.8 Å². The molecule has 0 amide bonds. The molecular weight excluding hydrogens is 470 g/mol. The number of rotatable bonds is 6. The Morgan fingerprint density at radius 2 is 1.65 bits per heavy atom. The molecule has 1 saturated carbocycles. The Balaban J connectivity index is 1.41. The van der Waals surface area contributed by atoms with Gasteiger partial charge in [-0.3, -0.25) is 9.67 Å². The van der Waals surface area contributed by atoms with Crippen molar-refractivity contribution < 1.29 is 18.9 Å². The van der Waals surface area contributed by atoms with Crippen LogP contribution in [0.2, 0.25) is 0 Å². The predicted octanol–water partition coefficient (Wildman–Crippen LogP) is 4.87. The molecule has 37 heavy (non-hydrogen) atoms. The zero-order valence-corrected chi connectivity index (χ0v) is 21.4. The summed E-state index contributed by atoms with van der Waals surface area (Å²) >= 11 is 0. The zero-order valence-electron chi connectivity index (χ0n) is 21.4. The van der Waals surface area contributed by atoms with Gasteiger partial charge in [0.15, 0.2) is 5.79 Å². The van der Waals surface area contributed by atoms with Crippen LogP contribution >= 0.6 is 0 Å². The minimum Gasteiger partial charge on any atom is -0.497 e. The van der Waals surface area contributed by atoms with E-state index >= 15 is 0 Å². The number of nitrogens with zero attached hydrogens (tertiary/aromatic N) is 5. The molecule has 9 nitrogen and oxygen atoms in total. The molecule has 6 rings (SSSR count). The molecule has 4 aromatic rings. The first-order valence-electron chi connectivity index (χ1n) is 12.6.